The second-order valence-electron chi connectivity index (χ2n) is 2.56. The van der Waals surface area contributed by atoms with Crippen molar-refractivity contribution in [1.82, 2.24) is 0 Å². The van der Waals surface area contributed by atoms with Crippen LogP contribution in [-0.2, 0) is 11.2 Å². The summed E-state index contributed by atoms with van der Waals surface area (Å²) in [5.41, 5.74) is 0.259. The number of aliphatic carboxylic acids is 1. The lowest BCUT2D eigenvalue weighted by Gasteiger charge is -2.08. The van der Waals surface area contributed by atoms with Gasteiger partial charge < -0.3 is 14.6 Å². The van der Waals surface area contributed by atoms with Crippen LogP contribution in [0.3, 0.4) is 0 Å². The molecule has 0 spiro atoms. The molecule has 1 aromatic carbocycles. The van der Waals surface area contributed by atoms with E-state index in [1.54, 1.807) is 0 Å². The van der Waals surface area contributed by atoms with Gasteiger partial charge in [-0.05, 0) is 17.7 Å². The largest absolute Gasteiger partial charge is 0.493 e. The maximum atomic E-state index is 10.6. The van der Waals surface area contributed by atoms with Gasteiger partial charge in [-0.15, -0.1) is 0 Å². The SMILES string of the molecule is [2H]C([2H])([2H])Oc1ccc(CC(=O)O)cc1OC([2H])([2H])[2H]. The first-order chi connectivity index (χ1) is 8.96. The molecule has 76 valence electrons. The molecule has 4 heteroatoms. The Morgan fingerprint density at radius 1 is 1.43 bits per heavy atom. The van der Waals surface area contributed by atoms with E-state index in [4.69, 9.17) is 13.3 Å². The van der Waals surface area contributed by atoms with Crippen LogP contribution in [0.1, 0.15) is 13.8 Å². The molecule has 0 aliphatic rings. The van der Waals surface area contributed by atoms with Gasteiger partial charge in [-0.3, -0.25) is 4.79 Å². The summed E-state index contributed by atoms with van der Waals surface area (Å²) in [5, 5.41) is 8.67. The standard InChI is InChI=1S/C10H12O4/c1-13-8-4-3-7(6-10(11)12)5-9(8)14-2/h3-5H,6H2,1-2H3,(H,11,12)/i1D3,2D3. The monoisotopic (exact) mass is 202 g/mol. The van der Waals surface area contributed by atoms with Gasteiger partial charge in [0.05, 0.1) is 28.7 Å². The lowest BCUT2D eigenvalue weighted by molar-refractivity contribution is -0.136. The van der Waals surface area contributed by atoms with Crippen molar-refractivity contribution >= 4 is 5.97 Å². The van der Waals surface area contributed by atoms with E-state index >= 15 is 0 Å². The molecule has 0 heterocycles. The predicted molar refractivity (Wildman–Crippen MR) is 50.9 cm³/mol. The van der Waals surface area contributed by atoms with E-state index in [2.05, 4.69) is 9.47 Å². The van der Waals surface area contributed by atoms with Crippen LogP contribution in [0.4, 0.5) is 0 Å². The molecule has 0 atom stereocenters. The van der Waals surface area contributed by atoms with E-state index in [0.29, 0.717) is 0 Å². The second-order valence-corrected chi connectivity index (χ2v) is 2.56. The minimum Gasteiger partial charge on any atom is -0.493 e. The summed E-state index contributed by atoms with van der Waals surface area (Å²) in [6.45, 7) is 0. The van der Waals surface area contributed by atoms with E-state index in [1.807, 2.05) is 0 Å². The third-order valence-corrected chi connectivity index (χ3v) is 1.58. The number of benzene rings is 1. The summed E-state index contributed by atoms with van der Waals surface area (Å²) in [4.78, 5) is 10.6. The molecule has 0 amide bonds. The maximum absolute atomic E-state index is 10.6. The Morgan fingerprint density at radius 2 is 2.14 bits per heavy atom. The first kappa shape index (κ1) is 4.68. The molecule has 1 aromatic rings. The van der Waals surface area contributed by atoms with E-state index < -0.39 is 20.0 Å². The van der Waals surface area contributed by atoms with Gasteiger partial charge >= 0.3 is 5.97 Å². The maximum Gasteiger partial charge on any atom is 0.307 e. The molecular formula is C10H12O4. The fourth-order valence-electron chi connectivity index (χ4n) is 1.00. The predicted octanol–water partition coefficient (Wildman–Crippen LogP) is 1.33. The Morgan fingerprint density at radius 3 is 2.79 bits per heavy atom. The summed E-state index contributed by atoms with van der Waals surface area (Å²) in [6.07, 6.45) is -0.356. The van der Waals surface area contributed by atoms with Crippen LogP contribution in [-0.4, -0.2) is 25.2 Å². The number of methoxy groups -OCH3 is 2. The molecule has 1 N–H and O–H groups in total. The molecule has 0 fully saturated rings. The molecular weight excluding hydrogens is 184 g/mol. The molecule has 0 aliphatic heterocycles. The Labute approximate surface area is 90.5 Å². The van der Waals surface area contributed by atoms with Crippen LogP contribution in [0.2, 0.25) is 0 Å². The number of hydrogen-bond donors (Lipinski definition) is 1. The van der Waals surface area contributed by atoms with Gasteiger partial charge in [-0.2, -0.15) is 0 Å². The Kier molecular flexibility index (Phi) is 1.51. The molecule has 1 rings (SSSR count). The first-order valence-corrected chi connectivity index (χ1v) is 3.69. The zero-order valence-electron chi connectivity index (χ0n) is 13.1. The summed E-state index contributed by atoms with van der Waals surface area (Å²) >= 11 is 0. The van der Waals surface area contributed by atoms with Crippen molar-refractivity contribution in [2.24, 2.45) is 0 Å². The molecule has 0 saturated heterocycles. The molecule has 0 aromatic heterocycles. The topological polar surface area (TPSA) is 55.8 Å². The normalized spacial score (nSPS) is 17.7. The van der Waals surface area contributed by atoms with Gasteiger partial charge in [0.15, 0.2) is 11.5 Å². The Balaban J connectivity index is 3.12. The average Bonchev–Trinajstić information content (AvgIpc) is 2.16. The van der Waals surface area contributed by atoms with E-state index in [9.17, 15) is 4.79 Å². The minimum absolute atomic E-state index is 0.259. The van der Waals surface area contributed by atoms with Crippen LogP contribution in [0, 0.1) is 0 Å². The highest BCUT2D eigenvalue weighted by molar-refractivity contribution is 5.70. The Hall–Kier alpha value is -1.71. The third-order valence-electron chi connectivity index (χ3n) is 1.58. The minimum atomic E-state index is -2.81. The van der Waals surface area contributed by atoms with Gasteiger partial charge in [0, 0.05) is 0 Å². The summed E-state index contributed by atoms with van der Waals surface area (Å²) in [5.74, 6) is -1.76. The van der Waals surface area contributed by atoms with Crippen molar-refractivity contribution < 1.29 is 27.6 Å². The van der Waals surface area contributed by atoms with Crippen LogP contribution in [0.25, 0.3) is 0 Å². The molecule has 0 unspecified atom stereocenters. The van der Waals surface area contributed by atoms with Gasteiger partial charge in [-0.1, -0.05) is 6.07 Å². The van der Waals surface area contributed by atoms with Crippen LogP contribution < -0.4 is 9.47 Å². The van der Waals surface area contributed by atoms with Gasteiger partial charge in [0.2, 0.25) is 0 Å². The zero-order chi connectivity index (χ0) is 15.6. The van der Waals surface area contributed by atoms with Crippen molar-refractivity contribution in [2.45, 2.75) is 6.42 Å². The van der Waals surface area contributed by atoms with Crippen molar-refractivity contribution in [1.29, 1.82) is 0 Å². The number of carboxylic acid groups (broad SMARTS) is 1. The molecule has 0 aliphatic carbocycles. The molecule has 0 saturated carbocycles. The smallest absolute Gasteiger partial charge is 0.307 e. The zero-order valence-corrected chi connectivity index (χ0v) is 7.11. The highest BCUT2D eigenvalue weighted by Crippen LogP contribution is 2.27. The number of carboxylic acids is 1. The molecule has 4 nitrogen and oxygen atoms in total. The number of hydrogen-bond acceptors (Lipinski definition) is 3. The molecule has 0 bridgehead atoms. The van der Waals surface area contributed by atoms with Crippen molar-refractivity contribution in [3.8, 4) is 11.5 Å². The summed E-state index contributed by atoms with van der Waals surface area (Å²) in [6, 6.07) is 3.61. The molecule has 0 radical (unpaired) electrons. The highest BCUT2D eigenvalue weighted by atomic mass is 16.5. The second kappa shape index (κ2) is 4.50. The third kappa shape index (κ3) is 2.39. The van der Waals surface area contributed by atoms with E-state index in [0.717, 1.165) is 12.1 Å². The van der Waals surface area contributed by atoms with Crippen LogP contribution in [0.15, 0.2) is 18.2 Å². The van der Waals surface area contributed by atoms with Crippen molar-refractivity contribution in [3.05, 3.63) is 23.8 Å². The van der Waals surface area contributed by atoms with Crippen molar-refractivity contribution in [3.63, 3.8) is 0 Å². The first-order valence-electron chi connectivity index (χ1n) is 6.69. The summed E-state index contributed by atoms with van der Waals surface area (Å²) < 4.78 is 51.2. The number of ether oxygens (including phenoxy) is 2. The van der Waals surface area contributed by atoms with Gasteiger partial charge in [0.25, 0.3) is 0 Å². The van der Waals surface area contributed by atoms with E-state index in [-0.39, 0.29) is 23.5 Å². The highest BCUT2D eigenvalue weighted by Gasteiger charge is 2.06. The summed E-state index contributed by atoms with van der Waals surface area (Å²) in [7, 11) is -5.59. The Bertz CT molecular complexity index is 494. The van der Waals surface area contributed by atoms with Gasteiger partial charge in [-0.25, -0.2) is 0 Å². The number of rotatable bonds is 4. The van der Waals surface area contributed by atoms with E-state index in [1.165, 1.54) is 6.07 Å². The fraction of sp³-hybridized carbons (Fsp3) is 0.300. The lowest BCUT2D eigenvalue weighted by Crippen LogP contribution is -2.00. The lowest BCUT2D eigenvalue weighted by atomic mass is 10.1. The van der Waals surface area contributed by atoms with Gasteiger partial charge in [0.1, 0.15) is 0 Å². The van der Waals surface area contributed by atoms with Crippen LogP contribution >= 0.6 is 0 Å². The van der Waals surface area contributed by atoms with Crippen molar-refractivity contribution in [2.75, 3.05) is 14.1 Å². The van der Waals surface area contributed by atoms with Crippen LogP contribution in [0.5, 0.6) is 11.5 Å². The average molecular weight is 202 g/mol. The fourth-order valence-corrected chi connectivity index (χ4v) is 1.00. The quantitative estimate of drug-likeness (QED) is 0.800. The number of carbonyl (C=O) groups is 1. The molecule has 14 heavy (non-hydrogen) atoms.